The van der Waals surface area contributed by atoms with Gasteiger partial charge >= 0.3 is 19.4 Å². The van der Waals surface area contributed by atoms with Gasteiger partial charge in [0, 0.05) is 12.2 Å². The van der Waals surface area contributed by atoms with E-state index < -0.39 is 56.1 Å². The lowest BCUT2D eigenvalue weighted by molar-refractivity contribution is -0.147. The van der Waals surface area contributed by atoms with Crippen molar-refractivity contribution in [3.63, 3.8) is 0 Å². The van der Waals surface area contributed by atoms with E-state index in [4.69, 9.17) is 24.3 Å². The number of nitrogens with zero attached hydrogens (tertiary/aromatic N) is 2. The molecule has 13 nitrogen and oxygen atoms in total. The molecule has 1 aromatic heterocycles. The van der Waals surface area contributed by atoms with Crippen molar-refractivity contribution in [3.05, 3.63) is 53.1 Å². The zero-order chi connectivity index (χ0) is 27.4. The number of nitrogens with one attached hydrogen (secondary N) is 1. The molecule has 1 saturated heterocycles. The molecule has 2 heterocycles. The molecule has 1 aromatic carbocycles. The second kappa shape index (κ2) is 11.7. The summed E-state index contributed by atoms with van der Waals surface area (Å²) in [6.07, 6.45) is -2.77. The number of ether oxygens (including phenoxy) is 2. The Bertz CT molecular complexity index is 1170. The fourth-order valence-electron chi connectivity index (χ4n) is 3.54. The van der Waals surface area contributed by atoms with Crippen LogP contribution in [0.2, 0.25) is 0 Å². The first-order valence-corrected chi connectivity index (χ1v) is 13.2. The smallest absolute Gasteiger partial charge is 0.459 e. The van der Waals surface area contributed by atoms with E-state index in [1.165, 1.54) is 19.2 Å². The third kappa shape index (κ3) is 7.16. The fourth-order valence-corrected chi connectivity index (χ4v) is 5.08. The van der Waals surface area contributed by atoms with Crippen molar-refractivity contribution in [2.24, 2.45) is 5.92 Å². The van der Waals surface area contributed by atoms with Gasteiger partial charge in [0.2, 0.25) is 0 Å². The number of aliphatic hydroxyl groups is 2. The molecular formula is C23H33N4O9P. The summed E-state index contributed by atoms with van der Waals surface area (Å²) < 4.78 is 36.8. The summed E-state index contributed by atoms with van der Waals surface area (Å²) in [4.78, 5) is 27.7. The van der Waals surface area contributed by atoms with Crippen LogP contribution in [-0.2, 0) is 23.4 Å². The molecule has 204 valence electrons. The molecule has 0 amide bonds. The van der Waals surface area contributed by atoms with E-state index in [0.29, 0.717) is 0 Å². The molecule has 0 aliphatic carbocycles. The van der Waals surface area contributed by atoms with Gasteiger partial charge in [-0.2, -0.15) is 4.98 Å². The summed E-state index contributed by atoms with van der Waals surface area (Å²) >= 11 is 0. The molecule has 6 atom stereocenters. The van der Waals surface area contributed by atoms with Gasteiger partial charge < -0.3 is 29.9 Å². The predicted molar refractivity (Wildman–Crippen MR) is 132 cm³/mol. The Morgan fingerprint density at radius 3 is 2.59 bits per heavy atom. The molecule has 5 N–H and O–H groups in total. The van der Waals surface area contributed by atoms with Gasteiger partial charge in [-0.15, -0.1) is 0 Å². The summed E-state index contributed by atoms with van der Waals surface area (Å²) in [5.74, 6) is -0.530. The van der Waals surface area contributed by atoms with E-state index in [9.17, 15) is 24.4 Å². The average Bonchev–Trinajstić information content (AvgIpc) is 3.05. The molecule has 2 aromatic rings. The molecule has 0 bridgehead atoms. The lowest BCUT2D eigenvalue weighted by Crippen LogP contribution is -2.46. The van der Waals surface area contributed by atoms with Crippen LogP contribution in [0.25, 0.3) is 0 Å². The van der Waals surface area contributed by atoms with E-state index in [-0.39, 0.29) is 24.1 Å². The van der Waals surface area contributed by atoms with Gasteiger partial charge in [0.1, 0.15) is 36.0 Å². The number of carbonyl (C=O) groups is 1. The topological polar surface area (TPSA) is 184 Å². The highest BCUT2D eigenvalue weighted by Gasteiger charge is 2.54. The van der Waals surface area contributed by atoms with Gasteiger partial charge in [-0.1, -0.05) is 32.0 Å². The molecule has 1 aliphatic rings. The van der Waals surface area contributed by atoms with E-state index in [1.807, 2.05) is 0 Å². The number of para-hydroxylation sites is 1. The summed E-state index contributed by atoms with van der Waals surface area (Å²) in [6, 6.07) is 8.96. The lowest BCUT2D eigenvalue weighted by Gasteiger charge is -2.27. The minimum absolute atomic E-state index is 0.0161. The van der Waals surface area contributed by atoms with Gasteiger partial charge in [-0.05, 0) is 32.0 Å². The molecule has 2 unspecified atom stereocenters. The number of carbonyl (C=O) groups excluding carboxylic acids is 1. The number of hydrogen-bond donors (Lipinski definition) is 4. The summed E-state index contributed by atoms with van der Waals surface area (Å²) in [6.45, 7) is 5.71. The van der Waals surface area contributed by atoms with E-state index in [2.05, 4.69) is 10.1 Å². The third-order valence-electron chi connectivity index (χ3n) is 5.56. The lowest BCUT2D eigenvalue weighted by atomic mass is 9.96. The quantitative estimate of drug-likeness (QED) is 0.236. The summed E-state index contributed by atoms with van der Waals surface area (Å²) in [7, 11) is -4.12. The van der Waals surface area contributed by atoms with Gasteiger partial charge in [0.05, 0.1) is 12.5 Å². The second-order valence-electron chi connectivity index (χ2n) is 9.25. The van der Waals surface area contributed by atoms with Gasteiger partial charge in [-0.25, -0.2) is 14.4 Å². The van der Waals surface area contributed by atoms with Gasteiger partial charge in [0.15, 0.2) is 6.23 Å². The first-order valence-electron chi connectivity index (χ1n) is 11.7. The Kier molecular flexibility index (Phi) is 9.11. The van der Waals surface area contributed by atoms with Gasteiger partial charge in [-0.3, -0.25) is 13.9 Å². The number of nitrogen functional groups attached to an aromatic ring is 1. The third-order valence-corrected chi connectivity index (χ3v) is 7.26. The highest BCUT2D eigenvalue weighted by atomic mass is 31.2. The second-order valence-corrected chi connectivity index (χ2v) is 10.9. The molecule has 1 fully saturated rings. The Balaban J connectivity index is 1.75. The van der Waals surface area contributed by atoms with Crippen molar-refractivity contribution < 1.29 is 38.1 Å². The maximum atomic E-state index is 13.7. The Morgan fingerprint density at radius 2 is 1.97 bits per heavy atom. The number of rotatable bonds is 11. The zero-order valence-corrected chi connectivity index (χ0v) is 21.9. The molecular weight excluding hydrogens is 507 g/mol. The average molecular weight is 541 g/mol. The number of esters is 1. The molecule has 0 radical (unpaired) electrons. The summed E-state index contributed by atoms with van der Waals surface area (Å²) in [5.41, 5.74) is 2.81. The summed E-state index contributed by atoms with van der Waals surface area (Å²) in [5, 5.41) is 24.3. The molecule has 0 spiro atoms. The van der Waals surface area contributed by atoms with Crippen molar-refractivity contribution in [3.8, 4) is 5.75 Å². The number of anilines is 1. The first-order chi connectivity index (χ1) is 17.3. The first kappa shape index (κ1) is 28.8. The minimum Gasteiger partial charge on any atom is -0.464 e. The maximum Gasteiger partial charge on any atom is 0.459 e. The molecule has 1 aliphatic heterocycles. The Morgan fingerprint density at radius 1 is 1.30 bits per heavy atom. The Hall–Kier alpha value is -2.80. The normalized spacial score (nSPS) is 26.0. The van der Waals surface area contributed by atoms with Crippen LogP contribution in [-0.4, -0.2) is 62.8 Å². The zero-order valence-electron chi connectivity index (χ0n) is 21.0. The number of benzene rings is 1. The largest absolute Gasteiger partial charge is 0.464 e. The Labute approximate surface area is 214 Å². The SMILES string of the molecule is CC(C)C(=O)OC[C@H](C)NP(=O)(OC[C@H]1OC(n2ccc(N)nc2=O)[C@](C)(O)[C@@H]1O)Oc1ccccc1. The van der Waals surface area contributed by atoms with Crippen LogP contribution in [0.5, 0.6) is 5.75 Å². The van der Waals surface area contributed by atoms with E-state index in [1.54, 1.807) is 51.1 Å². The highest BCUT2D eigenvalue weighted by molar-refractivity contribution is 7.52. The highest BCUT2D eigenvalue weighted by Crippen LogP contribution is 2.46. The van der Waals surface area contributed by atoms with Crippen LogP contribution >= 0.6 is 7.75 Å². The van der Waals surface area contributed by atoms with Crippen LogP contribution in [0.15, 0.2) is 47.4 Å². The van der Waals surface area contributed by atoms with Crippen molar-refractivity contribution in [2.75, 3.05) is 18.9 Å². The van der Waals surface area contributed by atoms with Crippen LogP contribution < -0.4 is 21.0 Å². The number of aromatic nitrogens is 2. The van der Waals surface area contributed by atoms with Crippen molar-refractivity contribution in [1.82, 2.24) is 14.6 Å². The molecule has 3 rings (SSSR count). The van der Waals surface area contributed by atoms with Crippen LogP contribution in [0.4, 0.5) is 5.82 Å². The fraction of sp³-hybridized carbons (Fsp3) is 0.522. The minimum atomic E-state index is -4.12. The van der Waals surface area contributed by atoms with Crippen LogP contribution in [0.1, 0.15) is 33.9 Å². The number of nitrogens with two attached hydrogens (primary N) is 1. The van der Waals surface area contributed by atoms with E-state index in [0.717, 1.165) is 4.57 Å². The maximum absolute atomic E-state index is 13.7. The van der Waals surface area contributed by atoms with Crippen LogP contribution in [0, 0.1) is 5.92 Å². The molecule has 14 heteroatoms. The van der Waals surface area contributed by atoms with Crippen LogP contribution in [0.3, 0.4) is 0 Å². The van der Waals surface area contributed by atoms with E-state index >= 15 is 0 Å². The van der Waals surface area contributed by atoms with Crippen molar-refractivity contribution in [2.45, 2.75) is 57.8 Å². The standard InChI is InChI=1S/C23H33N4O9P/c1-14(2)20(29)33-12-15(3)26-37(32,36-16-8-6-5-7-9-16)34-13-17-19(28)23(4,31)21(35-17)27-11-10-18(24)25-22(27)30/h5-11,14-15,17,19,21,28,31H,12-13H2,1-4H3,(H,26,32)(H2,24,25,30)/t15-,17+,19+,21?,23+,37?/m0/s1. The molecule has 0 saturated carbocycles. The monoisotopic (exact) mass is 540 g/mol. The number of aliphatic hydroxyl groups excluding tert-OH is 1. The number of hydrogen-bond acceptors (Lipinski definition) is 11. The van der Waals surface area contributed by atoms with Crippen molar-refractivity contribution in [1.29, 1.82) is 0 Å². The van der Waals surface area contributed by atoms with Crippen molar-refractivity contribution >= 4 is 19.5 Å². The molecule has 37 heavy (non-hydrogen) atoms. The predicted octanol–water partition coefficient (Wildman–Crippen LogP) is 1.22. The van der Waals surface area contributed by atoms with Gasteiger partial charge in [0.25, 0.3) is 0 Å².